The largest absolute Gasteiger partial charge is 0.414 e. The predicted molar refractivity (Wildman–Crippen MR) is 85.8 cm³/mol. The van der Waals surface area contributed by atoms with E-state index >= 15 is 0 Å². The van der Waals surface area contributed by atoms with Gasteiger partial charge in [0.15, 0.2) is 0 Å². The quantitative estimate of drug-likeness (QED) is 0.444. The molecule has 22 heavy (non-hydrogen) atoms. The van der Waals surface area contributed by atoms with E-state index in [1.807, 2.05) is 11.4 Å². The van der Waals surface area contributed by atoms with Gasteiger partial charge in [-0.05, 0) is 23.6 Å². The molecule has 1 aromatic heterocycles. The first kappa shape index (κ1) is 16.6. The number of benzene rings is 1. The van der Waals surface area contributed by atoms with Crippen LogP contribution in [0, 0.1) is 0 Å². The molecule has 2 rings (SSSR count). The smallest absolute Gasteiger partial charge is 0.395 e. The molecule has 0 amide bonds. The third-order valence-electron chi connectivity index (χ3n) is 2.77. The maximum Gasteiger partial charge on any atom is 0.395 e. The van der Waals surface area contributed by atoms with Crippen LogP contribution >= 0.6 is 18.9 Å². The summed E-state index contributed by atoms with van der Waals surface area (Å²) in [6.45, 7) is 0. The van der Waals surface area contributed by atoms with Gasteiger partial charge in [-0.2, -0.15) is 0 Å². The first-order valence-electron chi connectivity index (χ1n) is 6.33. The minimum atomic E-state index is -3.68. The van der Waals surface area contributed by atoms with Crippen LogP contribution in [-0.4, -0.2) is 20.2 Å². The van der Waals surface area contributed by atoms with Gasteiger partial charge in [-0.1, -0.05) is 24.3 Å². The highest BCUT2D eigenvalue weighted by Gasteiger charge is 2.32. The summed E-state index contributed by atoms with van der Waals surface area (Å²) in [7, 11) is -1.20. The van der Waals surface area contributed by atoms with Gasteiger partial charge in [0.2, 0.25) is 5.50 Å². The highest BCUT2D eigenvalue weighted by molar-refractivity contribution is 7.58. The van der Waals surface area contributed by atoms with Crippen LogP contribution in [0.15, 0.2) is 53.3 Å². The summed E-state index contributed by atoms with van der Waals surface area (Å²) < 4.78 is 27.7. The molecule has 0 unspecified atom stereocenters. The van der Waals surface area contributed by atoms with Crippen molar-refractivity contribution in [3.05, 3.63) is 63.8 Å². The number of esters is 1. The fraction of sp³-hybridized carbons (Fsp3) is 0.133. The maximum atomic E-state index is 12.6. The van der Waals surface area contributed by atoms with E-state index in [9.17, 15) is 9.36 Å². The third-order valence-corrected chi connectivity index (χ3v) is 5.31. The zero-order chi connectivity index (χ0) is 16.0. The lowest BCUT2D eigenvalue weighted by atomic mass is 10.2. The van der Waals surface area contributed by atoms with Crippen LogP contribution in [0.3, 0.4) is 0 Å². The van der Waals surface area contributed by atoms with E-state index in [0.717, 1.165) is 4.88 Å². The Morgan fingerprint density at radius 3 is 2.32 bits per heavy atom. The normalized spacial score (nSPS) is 12.2. The lowest BCUT2D eigenvalue weighted by Crippen LogP contribution is -2.07. The molecule has 2 aromatic rings. The van der Waals surface area contributed by atoms with Gasteiger partial charge in [0.25, 0.3) is 0 Å². The standard InChI is InChI=1S/C15H15O5PS/c1-18-21(17,19-2)14(11-13-9-6-10-22-13)20-15(16)12-7-4-3-5-8-12/h3-11H,1-2H3/b14-11+. The molecule has 116 valence electrons. The Morgan fingerprint density at radius 2 is 1.77 bits per heavy atom. The summed E-state index contributed by atoms with van der Waals surface area (Å²) in [5.74, 6) is -0.627. The summed E-state index contributed by atoms with van der Waals surface area (Å²) >= 11 is 1.41. The van der Waals surface area contributed by atoms with Crippen LogP contribution in [0.4, 0.5) is 0 Å². The van der Waals surface area contributed by atoms with Crippen molar-refractivity contribution >= 4 is 31.0 Å². The Bertz CT molecular complexity index is 686. The highest BCUT2D eigenvalue weighted by atomic mass is 32.1. The molecule has 5 nitrogen and oxygen atoms in total. The SMILES string of the molecule is COP(=O)(OC)/C(=C/c1cccs1)OC(=O)c1ccccc1. The van der Waals surface area contributed by atoms with Crippen LogP contribution in [0.1, 0.15) is 15.2 Å². The molecule has 1 heterocycles. The van der Waals surface area contributed by atoms with Gasteiger partial charge in [0.1, 0.15) is 0 Å². The van der Waals surface area contributed by atoms with Crippen LogP contribution in [0.25, 0.3) is 6.08 Å². The fourth-order valence-corrected chi connectivity index (χ4v) is 3.38. The minimum Gasteiger partial charge on any atom is -0.414 e. The summed E-state index contributed by atoms with van der Waals surface area (Å²) in [4.78, 5) is 12.9. The van der Waals surface area contributed by atoms with Crippen molar-refractivity contribution in [2.75, 3.05) is 14.2 Å². The van der Waals surface area contributed by atoms with Gasteiger partial charge in [0, 0.05) is 25.2 Å². The van der Waals surface area contributed by atoms with Crippen LogP contribution < -0.4 is 0 Å². The number of rotatable bonds is 6. The minimum absolute atomic E-state index is 0.145. The number of hydrogen-bond donors (Lipinski definition) is 0. The highest BCUT2D eigenvalue weighted by Crippen LogP contribution is 2.56. The van der Waals surface area contributed by atoms with Crippen molar-refractivity contribution in [2.24, 2.45) is 0 Å². The molecule has 0 fully saturated rings. The van der Waals surface area contributed by atoms with Crippen molar-refractivity contribution in [2.45, 2.75) is 0 Å². The second-order valence-corrected chi connectivity index (χ2v) is 7.26. The molecule has 0 aliphatic heterocycles. The van der Waals surface area contributed by atoms with Crippen molar-refractivity contribution in [1.29, 1.82) is 0 Å². The lowest BCUT2D eigenvalue weighted by Gasteiger charge is -2.16. The molecule has 0 N–H and O–H groups in total. The Kier molecular flexibility index (Phi) is 5.69. The van der Waals surface area contributed by atoms with E-state index in [2.05, 4.69) is 0 Å². The summed E-state index contributed by atoms with van der Waals surface area (Å²) in [6.07, 6.45) is 1.49. The van der Waals surface area contributed by atoms with Gasteiger partial charge >= 0.3 is 13.6 Å². The average molecular weight is 338 g/mol. The van der Waals surface area contributed by atoms with E-state index in [4.69, 9.17) is 13.8 Å². The van der Waals surface area contributed by atoms with Crippen molar-refractivity contribution in [3.8, 4) is 0 Å². The van der Waals surface area contributed by atoms with Crippen LogP contribution in [0.5, 0.6) is 0 Å². The number of hydrogen-bond acceptors (Lipinski definition) is 6. The topological polar surface area (TPSA) is 61.8 Å². The van der Waals surface area contributed by atoms with Crippen molar-refractivity contribution in [3.63, 3.8) is 0 Å². The molecule has 0 bridgehead atoms. The molecule has 0 radical (unpaired) electrons. The van der Waals surface area contributed by atoms with Gasteiger partial charge in [0.05, 0.1) is 5.56 Å². The first-order chi connectivity index (χ1) is 10.6. The molecule has 0 saturated heterocycles. The first-order valence-corrected chi connectivity index (χ1v) is 8.76. The number of carbonyl (C=O) groups excluding carboxylic acids is 1. The van der Waals surface area contributed by atoms with E-state index in [1.165, 1.54) is 31.6 Å². The Morgan fingerprint density at radius 1 is 1.09 bits per heavy atom. The molecule has 0 aliphatic rings. The molecule has 0 saturated carbocycles. The second-order valence-electron chi connectivity index (χ2n) is 4.12. The number of carbonyl (C=O) groups is 1. The van der Waals surface area contributed by atoms with Gasteiger partial charge in [-0.3, -0.25) is 4.57 Å². The lowest BCUT2D eigenvalue weighted by molar-refractivity contribution is 0.0635. The molecule has 0 atom stereocenters. The van der Waals surface area contributed by atoms with E-state index in [0.29, 0.717) is 5.56 Å². The summed E-state index contributed by atoms with van der Waals surface area (Å²) in [6, 6.07) is 12.1. The zero-order valence-corrected chi connectivity index (χ0v) is 13.8. The molecule has 0 spiro atoms. The average Bonchev–Trinajstić information content (AvgIpc) is 3.07. The molecular weight excluding hydrogens is 323 g/mol. The van der Waals surface area contributed by atoms with E-state index in [-0.39, 0.29) is 5.50 Å². The van der Waals surface area contributed by atoms with E-state index in [1.54, 1.807) is 36.4 Å². The molecular formula is C15H15O5PS. The zero-order valence-electron chi connectivity index (χ0n) is 12.1. The molecule has 7 heteroatoms. The molecule has 1 aromatic carbocycles. The van der Waals surface area contributed by atoms with Gasteiger partial charge in [-0.25, -0.2) is 4.79 Å². The summed E-state index contributed by atoms with van der Waals surface area (Å²) in [5, 5.41) is 1.85. The molecule has 0 aliphatic carbocycles. The second kappa shape index (κ2) is 7.51. The Hall–Kier alpha value is -1.72. The number of thiophene rings is 1. The van der Waals surface area contributed by atoms with Crippen molar-refractivity contribution < 1.29 is 23.1 Å². The Labute approximate surface area is 132 Å². The van der Waals surface area contributed by atoms with Crippen LogP contribution in [0.2, 0.25) is 0 Å². The number of ether oxygens (including phenoxy) is 1. The maximum absolute atomic E-state index is 12.6. The Balaban J connectivity index is 2.33. The van der Waals surface area contributed by atoms with Crippen molar-refractivity contribution in [1.82, 2.24) is 0 Å². The van der Waals surface area contributed by atoms with E-state index < -0.39 is 13.6 Å². The third kappa shape index (κ3) is 3.93. The van der Waals surface area contributed by atoms with Crippen LogP contribution in [-0.2, 0) is 18.3 Å². The van der Waals surface area contributed by atoms with Gasteiger partial charge in [-0.15, -0.1) is 11.3 Å². The van der Waals surface area contributed by atoms with Gasteiger partial charge < -0.3 is 13.8 Å². The monoisotopic (exact) mass is 338 g/mol. The summed E-state index contributed by atoms with van der Waals surface area (Å²) in [5.41, 5.74) is 0.201. The predicted octanol–water partition coefficient (Wildman–Crippen LogP) is 4.39. The fourth-order valence-electron chi connectivity index (χ4n) is 1.64.